The monoisotopic (exact) mass is 334 g/mol. The molecule has 0 atom stereocenters. The van der Waals surface area contributed by atoms with Crippen LogP contribution in [-0.2, 0) is 11.3 Å². The van der Waals surface area contributed by atoms with Crippen LogP contribution in [0.1, 0.15) is 20.8 Å². The van der Waals surface area contributed by atoms with Gasteiger partial charge < -0.3 is 9.64 Å². The van der Waals surface area contributed by atoms with Crippen LogP contribution in [0.3, 0.4) is 0 Å². The molecule has 0 aliphatic carbocycles. The maximum Gasteiger partial charge on any atom is 0.227 e. The number of methoxy groups -OCH3 is 1. The highest BCUT2D eigenvalue weighted by molar-refractivity contribution is 5.51. The number of rotatable bonds is 6. The summed E-state index contributed by atoms with van der Waals surface area (Å²) < 4.78 is 7.45. The zero-order valence-electron chi connectivity index (χ0n) is 14.9. The molecule has 3 rings (SSSR count). The maximum absolute atomic E-state index is 5.35. The summed E-state index contributed by atoms with van der Waals surface area (Å²) in [6.07, 6.45) is 1.67. The smallest absolute Gasteiger partial charge is 0.227 e. The van der Waals surface area contributed by atoms with Gasteiger partial charge in [0.2, 0.25) is 5.95 Å². The van der Waals surface area contributed by atoms with Gasteiger partial charge in [0.05, 0.1) is 12.8 Å². The van der Waals surface area contributed by atoms with E-state index in [2.05, 4.69) is 60.7 Å². The van der Waals surface area contributed by atoms with Gasteiger partial charge in [0, 0.05) is 45.4 Å². The van der Waals surface area contributed by atoms with Crippen LogP contribution in [0.2, 0.25) is 0 Å². The van der Waals surface area contributed by atoms with E-state index in [0.717, 1.165) is 56.8 Å². The highest BCUT2D eigenvalue weighted by atomic mass is 16.5. The van der Waals surface area contributed by atoms with Crippen molar-refractivity contribution in [3.05, 3.63) is 6.20 Å². The van der Waals surface area contributed by atoms with Gasteiger partial charge in [-0.15, -0.1) is 10.2 Å². The number of H-pyrrole nitrogens is 1. The number of hydrogen-bond acceptors (Lipinski definition) is 7. The van der Waals surface area contributed by atoms with Crippen molar-refractivity contribution in [2.45, 2.75) is 32.9 Å². The molecule has 9 heteroatoms. The lowest BCUT2D eigenvalue weighted by molar-refractivity contribution is 0.0299. The van der Waals surface area contributed by atoms with E-state index in [1.165, 1.54) is 0 Å². The second kappa shape index (κ2) is 6.86. The van der Waals surface area contributed by atoms with Gasteiger partial charge in [-0.05, 0) is 20.8 Å². The van der Waals surface area contributed by atoms with Crippen molar-refractivity contribution in [2.24, 2.45) is 0 Å². The van der Waals surface area contributed by atoms with Crippen LogP contribution in [0.25, 0.3) is 11.5 Å². The minimum atomic E-state index is 0.0468. The summed E-state index contributed by atoms with van der Waals surface area (Å²) in [7, 11) is 1.76. The average molecular weight is 334 g/mol. The molecule has 0 bridgehead atoms. The lowest BCUT2D eigenvalue weighted by Crippen LogP contribution is -2.56. The molecule has 0 aromatic carbocycles. The fourth-order valence-corrected chi connectivity index (χ4v) is 3.28. The molecule has 1 aliphatic rings. The molecule has 1 N–H and O–H groups in total. The fraction of sp³-hybridized carbons (Fsp3) is 0.733. The van der Waals surface area contributed by atoms with E-state index in [-0.39, 0.29) is 5.54 Å². The third-order valence-electron chi connectivity index (χ3n) is 4.61. The number of nitrogens with zero attached hydrogens (tertiary/aromatic N) is 7. The predicted octanol–water partition coefficient (Wildman–Crippen LogP) is 0.630. The highest BCUT2D eigenvalue weighted by Crippen LogP contribution is 2.23. The van der Waals surface area contributed by atoms with Crippen LogP contribution in [-0.4, -0.2) is 80.5 Å². The molecule has 0 spiro atoms. The first-order valence-corrected chi connectivity index (χ1v) is 8.35. The van der Waals surface area contributed by atoms with E-state index in [9.17, 15) is 0 Å². The molecule has 2 aromatic rings. The van der Waals surface area contributed by atoms with Crippen molar-refractivity contribution >= 4 is 5.95 Å². The van der Waals surface area contributed by atoms with Gasteiger partial charge in [0.25, 0.3) is 0 Å². The molecule has 9 nitrogen and oxygen atoms in total. The third-order valence-corrected chi connectivity index (χ3v) is 4.61. The minimum absolute atomic E-state index is 0.0468. The topological polar surface area (TPSA) is 88.0 Å². The predicted molar refractivity (Wildman–Crippen MR) is 90.8 cm³/mol. The van der Waals surface area contributed by atoms with Crippen LogP contribution in [0, 0.1) is 0 Å². The second-order valence-electron chi connectivity index (χ2n) is 6.64. The number of nitrogens with one attached hydrogen (secondary N) is 1. The van der Waals surface area contributed by atoms with Gasteiger partial charge in [0.1, 0.15) is 5.69 Å². The number of ether oxygens (including phenoxy) is 1. The van der Waals surface area contributed by atoms with Crippen molar-refractivity contribution in [2.75, 3.05) is 44.8 Å². The number of hydrogen-bond donors (Lipinski definition) is 1. The van der Waals surface area contributed by atoms with Crippen molar-refractivity contribution in [3.63, 3.8) is 0 Å². The SMILES string of the molecule is CCn1c(-c2cn[nH]n2)nnc1N1CCN(C(C)(C)COC)CC1. The van der Waals surface area contributed by atoms with Crippen LogP contribution >= 0.6 is 0 Å². The van der Waals surface area contributed by atoms with Gasteiger partial charge in [0.15, 0.2) is 5.82 Å². The Kier molecular flexibility index (Phi) is 4.81. The molecule has 1 saturated heterocycles. The van der Waals surface area contributed by atoms with E-state index in [1.54, 1.807) is 13.3 Å². The summed E-state index contributed by atoms with van der Waals surface area (Å²) in [5.74, 6) is 1.66. The van der Waals surface area contributed by atoms with Crippen LogP contribution in [0.5, 0.6) is 0 Å². The summed E-state index contributed by atoms with van der Waals surface area (Å²) >= 11 is 0. The van der Waals surface area contributed by atoms with E-state index in [1.807, 2.05) is 0 Å². The van der Waals surface area contributed by atoms with Gasteiger partial charge in [-0.2, -0.15) is 15.4 Å². The summed E-state index contributed by atoms with van der Waals surface area (Å²) in [6.45, 7) is 11.9. The van der Waals surface area contributed by atoms with E-state index < -0.39 is 0 Å². The molecule has 1 aliphatic heterocycles. The number of anilines is 1. The van der Waals surface area contributed by atoms with Crippen molar-refractivity contribution < 1.29 is 4.74 Å². The Morgan fingerprint density at radius 2 is 1.96 bits per heavy atom. The lowest BCUT2D eigenvalue weighted by Gasteiger charge is -2.43. The number of aromatic amines is 1. The second-order valence-corrected chi connectivity index (χ2v) is 6.64. The summed E-state index contributed by atoms with van der Waals surface area (Å²) in [5, 5.41) is 19.3. The normalized spacial score (nSPS) is 16.8. The molecule has 0 saturated carbocycles. The zero-order valence-corrected chi connectivity index (χ0v) is 14.9. The molecule has 2 aromatic heterocycles. The first kappa shape index (κ1) is 16.8. The van der Waals surface area contributed by atoms with Crippen molar-refractivity contribution in [1.29, 1.82) is 0 Å². The summed E-state index contributed by atoms with van der Waals surface area (Å²) in [6, 6.07) is 0. The van der Waals surface area contributed by atoms with Gasteiger partial charge in [-0.1, -0.05) is 0 Å². The lowest BCUT2D eigenvalue weighted by atomic mass is 10.0. The molecule has 0 amide bonds. The zero-order chi connectivity index (χ0) is 17.2. The highest BCUT2D eigenvalue weighted by Gasteiger charge is 2.31. The summed E-state index contributed by atoms with van der Waals surface area (Å²) in [4.78, 5) is 4.76. The third kappa shape index (κ3) is 3.13. The Bertz CT molecular complexity index is 642. The van der Waals surface area contributed by atoms with Gasteiger partial charge >= 0.3 is 0 Å². The Morgan fingerprint density at radius 1 is 1.21 bits per heavy atom. The van der Waals surface area contributed by atoms with E-state index >= 15 is 0 Å². The van der Waals surface area contributed by atoms with E-state index in [4.69, 9.17) is 4.74 Å². The molecule has 3 heterocycles. The largest absolute Gasteiger partial charge is 0.383 e. The average Bonchev–Trinajstić information content (AvgIpc) is 3.23. The Hall–Kier alpha value is -2.00. The maximum atomic E-state index is 5.35. The van der Waals surface area contributed by atoms with Gasteiger partial charge in [-0.3, -0.25) is 9.47 Å². The number of piperazine rings is 1. The number of aromatic nitrogens is 6. The molecular weight excluding hydrogens is 308 g/mol. The van der Waals surface area contributed by atoms with Crippen LogP contribution < -0.4 is 4.90 Å². The van der Waals surface area contributed by atoms with Crippen LogP contribution in [0.4, 0.5) is 5.95 Å². The van der Waals surface area contributed by atoms with Crippen molar-refractivity contribution in [3.8, 4) is 11.5 Å². The Balaban J connectivity index is 1.73. The molecule has 132 valence electrons. The minimum Gasteiger partial charge on any atom is -0.383 e. The Labute approximate surface area is 142 Å². The van der Waals surface area contributed by atoms with E-state index in [0.29, 0.717) is 0 Å². The van der Waals surface area contributed by atoms with Crippen LogP contribution in [0.15, 0.2) is 6.20 Å². The molecule has 24 heavy (non-hydrogen) atoms. The Morgan fingerprint density at radius 3 is 2.54 bits per heavy atom. The molecule has 1 fully saturated rings. The molecule has 0 unspecified atom stereocenters. The van der Waals surface area contributed by atoms with Crippen molar-refractivity contribution in [1.82, 2.24) is 35.1 Å². The van der Waals surface area contributed by atoms with Gasteiger partial charge in [-0.25, -0.2) is 0 Å². The molecular formula is C15H26N8O. The fourth-order valence-electron chi connectivity index (χ4n) is 3.28. The summed E-state index contributed by atoms with van der Waals surface area (Å²) in [5.41, 5.74) is 0.765. The molecule has 0 radical (unpaired) electrons. The quantitative estimate of drug-likeness (QED) is 0.829. The standard InChI is InChI=1S/C15H26N8O/c1-5-23-13(12-10-16-20-17-12)18-19-14(23)21-6-8-22(9-7-21)15(2,3)11-24-4/h10H,5-9,11H2,1-4H3,(H,16,17,20). The first-order chi connectivity index (χ1) is 11.6. The first-order valence-electron chi connectivity index (χ1n) is 8.35.